The quantitative estimate of drug-likeness (QED) is 0.672. The van der Waals surface area contributed by atoms with Gasteiger partial charge in [0.15, 0.2) is 5.65 Å². The van der Waals surface area contributed by atoms with E-state index in [1.807, 2.05) is 44.2 Å². The third-order valence-electron chi connectivity index (χ3n) is 5.57. The molecule has 2 amide bonds. The van der Waals surface area contributed by atoms with Crippen LogP contribution in [-0.4, -0.2) is 69.4 Å². The molecule has 1 saturated heterocycles. The van der Waals surface area contributed by atoms with Crippen molar-refractivity contribution < 1.29 is 9.59 Å². The third-order valence-corrected chi connectivity index (χ3v) is 5.81. The summed E-state index contributed by atoms with van der Waals surface area (Å²) in [6.45, 7) is 5.51. The smallest absolute Gasteiger partial charge is 0.257 e. The molecule has 1 atom stereocenters. The van der Waals surface area contributed by atoms with Crippen LogP contribution in [0.2, 0.25) is 5.02 Å². The highest BCUT2D eigenvalue weighted by Crippen LogP contribution is 2.21. The van der Waals surface area contributed by atoms with Crippen LogP contribution < -0.4 is 5.32 Å². The number of aromatic nitrogens is 3. The van der Waals surface area contributed by atoms with Crippen molar-refractivity contribution in [2.45, 2.75) is 19.9 Å². The summed E-state index contributed by atoms with van der Waals surface area (Å²) in [4.78, 5) is 33.5. The van der Waals surface area contributed by atoms with Crippen LogP contribution in [0.3, 0.4) is 0 Å². The van der Waals surface area contributed by atoms with E-state index in [0.717, 1.165) is 11.3 Å². The molecule has 8 nitrogen and oxygen atoms in total. The number of aryl methyl sites for hydroxylation is 2. The van der Waals surface area contributed by atoms with Crippen LogP contribution in [0.1, 0.15) is 33.4 Å². The first kappa shape index (κ1) is 21.3. The molecule has 0 bridgehead atoms. The molecule has 1 aromatic carbocycles. The van der Waals surface area contributed by atoms with Crippen LogP contribution in [0.25, 0.3) is 5.65 Å². The molecule has 3 aromatic rings. The largest absolute Gasteiger partial charge is 0.338 e. The zero-order chi connectivity index (χ0) is 22.1. The molecule has 3 heterocycles. The summed E-state index contributed by atoms with van der Waals surface area (Å²) >= 11 is 6.11. The normalized spacial score (nSPS) is 16.5. The van der Waals surface area contributed by atoms with Crippen LogP contribution >= 0.6 is 11.6 Å². The Kier molecular flexibility index (Phi) is 5.93. The molecule has 31 heavy (non-hydrogen) atoms. The van der Waals surface area contributed by atoms with Gasteiger partial charge in [0.05, 0.1) is 23.5 Å². The van der Waals surface area contributed by atoms with Gasteiger partial charge in [-0.25, -0.2) is 9.50 Å². The maximum atomic E-state index is 13.0. The summed E-state index contributed by atoms with van der Waals surface area (Å²) in [5.74, 6) is -0.346. The second kappa shape index (κ2) is 8.64. The standard InChI is InChI=1S/C22H25ClN6O2/c1-14-9-20-25-11-18(15(2)29(20)26-14)22(31)27(3)13-21(30)28-8-7-24-19(12-28)16-5-4-6-17(23)10-16/h4-6,9-11,19,24H,7-8,12-13H2,1-3H3. The van der Waals surface area contributed by atoms with E-state index in [1.165, 1.54) is 4.90 Å². The van der Waals surface area contributed by atoms with E-state index in [9.17, 15) is 9.59 Å². The lowest BCUT2D eigenvalue weighted by Crippen LogP contribution is -2.51. The first-order valence-electron chi connectivity index (χ1n) is 10.2. The molecule has 0 spiro atoms. The zero-order valence-electron chi connectivity index (χ0n) is 17.8. The zero-order valence-corrected chi connectivity index (χ0v) is 18.6. The summed E-state index contributed by atoms with van der Waals surface area (Å²) in [6.07, 6.45) is 1.55. The highest BCUT2D eigenvalue weighted by Gasteiger charge is 2.27. The van der Waals surface area contributed by atoms with Gasteiger partial charge in [0, 0.05) is 50.0 Å². The number of nitrogens with one attached hydrogen (secondary N) is 1. The number of nitrogens with zero attached hydrogens (tertiary/aromatic N) is 5. The monoisotopic (exact) mass is 440 g/mol. The van der Waals surface area contributed by atoms with Crippen LogP contribution in [-0.2, 0) is 4.79 Å². The predicted octanol–water partition coefficient (Wildman–Crippen LogP) is 2.24. The van der Waals surface area contributed by atoms with Gasteiger partial charge in [-0.05, 0) is 31.5 Å². The Morgan fingerprint density at radius 3 is 2.87 bits per heavy atom. The second-order valence-corrected chi connectivity index (χ2v) is 8.31. The van der Waals surface area contributed by atoms with Crippen LogP contribution in [0.15, 0.2) is 36.5 Å². The van der Waals surface area contributed by atoms with E-state index in [4.69, 9.17) is 11.6 Å². The Morgan fingerprint density at radius 1 is 1.29 bits per heavy atom. The molecular weight excluding hydrogens is 416 g/mol. The van der Waals surface area contributed by atoms with Crippen molar-refractivity contribution in [2.75, 3.05) is 33.2 Å². The van der Waals surface area contributed by atoms with Gasteiger partial charge >= 0.3 is 0 Å². The van der Waals surface area contributed by atoms with Gasteiger partial charge in [-0.15, -0.1) is 0 Å². The fourth-order valence-electron chi connectivity index (χ4n) is 3.88. The number of carbonyl (C=O) groups excluding carboxylic acids is 2. The summed E-state index contributed by atoms with van der Waals surface area (Å²) in [5.41, 5.74) is 3.70. The highest BCUT2D eigenvalue weighted by molar-refractivity contribution is 6.30. The Labute approximate surface area is 185 Å². The van der Waals surface area contributed by atoms with Gasteiger partial charge in [-0.2, -0.15) is 5.10 Å². The molecule has 0 radical (unpaired) electrons. The minimum absolute atomic E-state index is 0.00326. The van der Waals surface area contributed by atoms with E-state index in [2.05, 4.69) is 15.4 Å². The number of carbonyl (C=O) groups is 2. The SMILES string of the molecule is Cc1cc2ncc(C(=O)N(C)CC(=O)N3CCNC(c4cccc(Cl)c4)C3)c(C)n2n1. The Hall–Kier alpha value is -2.97. The summed E-state index contributed by atoms with van der Waals surface area (Å²) < 4.78 is 1.66. The van der Waals surface area contributed by atoms with Crippen molar-refractivity contribution in [3.05, 3.63) is 64.1 Å². The molecule has 0 saturated carbocycles. The maximum Gasteiger partial charge on any atom is 0.257 e. The average molecular weight is 441 g/mol. The molecule has 4 rings (SSSR count). The minimum atomic E-state index is -0.255. The van der Waals surface area contributed by atoms with Crippen molar-refractivity contribution in [2.24, 2.45) is 0 Å². The number of amides is 2. The fraction of sp³-hybridized carbons (Fsp3) is 0.364. The van der Waals surface area contributed by atoms with Crippen molar-refractivity contribution in [1.82, 2.24) is 29.7 Å². The van der Waals surface area contributed by atoms with Gasteiger partial charge in [0.25, 0.3) is 5.91 Å². The number of hydrogen-bond acceptors (Lipinski definition) is 5. The van der Waals surface area contributed by atoms with Gasteiger partial charge in [0.1, 0.15) is 0 Å². The lowest BCUT2D eigenvalue weighted by Gasteiger charge is -2.35. The number of piperazine rings is 1. The first-order valence-corrected chi connectivity index (χ1v) is 10.6. The molecule has 1 aliphatic rings. The third kappa shape index (κ3) is 4.40. The lowest BCUT2D eigenvalue weighted by atomic mass is 10.0. The Bertz CT molecular complexity index is 1140. The highest BCUT2D eigenvalue weighted by atomic mass is 35.5. The van der Waals surface area contributed by atoms with Gasteiger partial charge in [-0.1, -0.05) is 23.7 Å². The molecule has 1 fully saturated rings. The summed E-state index contributed by atoms with van der Waals surface area (Å²) in [6, 6.07) is 9.50. The van der Waals surface area contributed by atoms with Gasteiger partial charge in [-0.3, -0.25) is 9.59 Å². The van der Waals surface area contributed by atoms with E-state index in [-0.39, 0.29) is 24.4 Å². The molecular formula is C22H25ClN6O2. The summed E-state index contributed by atoms with van der Waals surface area (Å²) in [5, 5.41) is 8.48. The molecule has 2 aromatic heterocycles. The van der Waals surface area contributed by atoms with Crippen molar-refractivity contribution in [3.63, 3.8) is 0 Å². The van der Waals surface area contributed by atoms with Crippen LogP contribution in [0.5, 0.6) is 0 Å². The van der Waals surface area contributed by atoms with E-state index < -0.39 is 0 Å². The number of rotatable bonds is 4. The van der Waals surface area contributed by atoms with Crippen LogP contribution in [0, 0.1) is 13.8 Å². The molecule has 0 aliphatic carbocycles. The topological polar surface area (TPSA) is 82.8 Å². The van der Waals surface area contributed by atoms with E-state index >= 15 is 0 Å². The molecule has 1 unspecified atom stereocenters. The molecule has 9 heteroatoms. The molecule has 1 aliphatic heterocycles. The summed E-state index contributed by atoms with van der Waals surface area (Å²) in [7, 11) is 1.63. The first-order chi connectivity index (χ1) is 14.8. The van der Waals surface area contributed by atoms with Crippen molar-refractivity contribution >= 4 is 29.1 Å². The number of hydrogen-bond donors (Lipinski definition) is 1. The number of likely N-dealkylation sites (N-methyl/N-ethyl adjacent to an activating group) is 1. The molecule has 162 valence electrons. The Balaban J connectivity index is 1.44. The molecule has 1 N–H and O–H groups in total. The van der Waals surface area contributed by atoms with Gasteiger partial charge < -0.3 is 15.1 Å². The lowest BCUT2D eigenvalue weighted by molar-refractivity contribution is -0.132. The maximum absolute atomic E-state index is 13.0. The number of fused-ring (bicyclic) bond motifs is 1. The predicted molar refractivity (Wildman–Crippen MR) is 118 cm³/mol. The van der Waals surface area contributed by atoms with Crippen LogP contribution in [0.4, 0.5) is 0 Å². The average Bonchev–Trinajstić information content (AvgIpc) is 3.15. The van der Waals surface area contributed by atoms with E-state index in [0.29, 0.717) is 41.6 Å². The second-order valence-electron chi connectivity index (χ2n) is 7.88. The minimum Gasteiger partial charge on any atom is -0.338 e. The number of benzene rings is 1. The van der Waals surface area contributed by atoms with Crippen molar-refractivity contribution in [3.8, 4) is 0 Å². The number of halogens is 1. The van der Waals surface area contributed by atoms with Gasteiger partial charge in [0.2, 0.25) is 5.91 Å². The van der Waals surface area contributed by atoms with E-state index in [1.54, 1.807) is 22.7 Å². The van der Waals surface area contributed by atoms with Crippen molar-refractivity contribution in [1.29, 1.82) is 0 Å². The fourth-order valence-corrected chi connectivity index (χ4v) is 4.07. The Morgan fingerprint density at radius 2 is 2.10 bits per heavy atom.